The van der Waals surface area contributed by atoms with Crippen molar-refractivity contribution in [3.05, 3.63) is 0 Å². The average molecular weight is 230 g/mol. The van der Waals surface area contributed by atoms with Crippen LogP contribution in [0.2, 0.25) is 0 Å². The molecule has 0 aromatic heterocycles. The molecule has 1 saturated heterocycles. The SMILES string of the molecule is CSC(C)(C)CN1CC(C)(C)NCC1C. The van der Waals surface area contributed by atoms with Crippen molar-refractivity contribution in [2.75, 3.05) is 25.9 Å². The summed E-state index contributed by atoms with van der Waals surface area (Å²) >= 11 is 1.96. The van der Waals surface area contributed by atoms with Crippen LogP contribution in [0, 0.1) is 0 Å². The molecule has 15 heavy (non-hydrogen) atoms. The van der Waals surface area contributed by atoms with Crippen molar-refractivity contribution < 1.29 is 0 Å². The number of piperazine rings is 1. The van der Waals surface area contributed by atoms with Gasteiger partial charge in [0.05, 0.1) is 0 Å². The number of hydrogen-bond acceptors (Lipinski definition) is 3. The Balaban J connectivity index is 2.59. The molecule has 1 aliphatic heterocycles. The Morgan fingerprint density at radius 1 is 1.47 bits per heavy atom. The summed E-state index contributed by atoms with van der Waals surface area (Å²) in [6.07, 6.45) is 2.21. The second kappa shape index (κ2) is 4.64. The average Bonchev–Trinajstić information content (AvgIpc) is 2.11. The van der Waals surface area contributed by atoms with Crippen LogP contribution in [0.3, 0.4) is 0 Å². The summed E-state index contributed by atoms with van der Waals surface area (Å²) in [6, 6.07) is 0.657. The van der Waals surface area contributed by atoms with E-state index in [-0.39, 0.29) is 5.54 Å². The van der Waals surface area contributed by atoms with E-state index in [4.69, 9.17) is 0 Å². The minimum Gasteiger partial charge on any atom is -0.309 e. The summed E-state index contributed by atoms with van der Waals surface area (Å²) < 4.78 is 0.363. The zero-order chi connectivity index (χ0) is 11.7. The lowest BCUT2D eigenvalue weighted by Gasteiger charge is -2.45. The van der Waals surface area contributed by atoms with E-state index in [0.717, 1.165) is 13.1 Å². The predicted molar refractivity (Wildman–Crippen MR) is 70.7 cm³/mol. The molecular formula is C12H26N2S. The van der Waals surface area contributed by atoms with E-state index < -0.39 is 0 Å². The second-order valence-corrected chi connectivity index (χ2v) is 7.50. The summed E-state index contributed by atoms with van der Waals surface area (Å²) in [6.45, 7) is 15.0. The molecule has 1 N–H and O–H groups in total. The molecule has 1 unspecified atom stereocenters. The highest BCUT2D eigenvalue weighted by Gasteiger charge is 2.33. The molecule has 1 rings (SSSR count). The van der Waals surface area contributed by atoms with E-state index >= 15 is 0 Å². The molecular weight excluding hydrogens is 204 g/mol. The minimum atomic E-state index is 0.265. The van der Waals surface area contributed by atoms with Gasteiger partial charge < -0.3 is 5.32 Å². The fourth-order valence-corrected chi connectivity index (χ4v) is 2.33. The fraction of sp³-hybridized carbons (Fsp3) is 1.00. The highest BCUT2D eigenvalue weighted by atomic mass is 32.2. The van der Waals surface area contributed by atoms with Crippen LogP contribution in [0.25, 0.3) is 0 Å². The second-order valence-electron chi connectivity index (χ2n) is 5.98. The van der Waals surface area contributed by atoms with Crippen molar-refractivity contribution in [2.24, 2.45) is 0 Å². The first kappa shape index (κ1) is 13.3. The Labute approximate surface area is 99.2 Å². The topological polar surface area (TPSA) is 15.3 Å². The number of thioether (sulfide) groups is 1. The van der Waals surface area contributed by atoms with Gasteiger partial charge in [0, 0.05) is 36.0 Å². The first-order valence-electron chi connectivity index (χ1n) is 5.80. The molecule has 1 aliphatic rings. The molecule has 3 heteroatoms. The van der Waals surface area contributed by atoms with Gasteiger partial charge in [-0.3, -0.25) is 4.90 Å². The Hall–Kier alpha value is 0.270. The van der Waals surface area contributed by atoms with Crippen LogP contribution in [0.1, 0.15) is 34.6 Å². The predicted octanol–water partition coefficient (Wildman–Crippen LogP) is 2.20. The molecule has 0 saturated carbocycles. The molecule has 0 aliphatic carbocycles. The zero-order valence-electron chi connectivity index (χ0n) is 11.1. The standard InChI is InChI=1S/C12H26N2S/c1-10-7-13-11(2,3)8-14(10)9-12(4,5)15-6/h10,13H,7-9H2,1-6H3. The van der Waals surface area contributed by atoms with Crippen molar-refractivity contribution >= 4 is 11.8 Å². The van der Waals surface area contributed by atoms with E-state index in [1.54, 1.807) is 0 Å². The first-order chi connectivity index (χ1) is 6.76. The number of nitrogens with one attached hydrogen (secondary N) is 1. The van der Waals surface area contributed by atoms with E-state index in [2.05, 4.69) is 51.1 Å². The largest absolute Gasteiger partial charge is 0.309 e. The van der Waals surface area contributed by atoms with Crippen molar-refractivity contribution in [2.45, 2.75) is 50.9 Å². The van der Waals surface area contributed by atoms with Gasteiger partial charge in [-0.2, -0.15) is 11.8 Å². The molecule has 1 heterocycles. The molecule has 0 aromatic rings. The number of rotatable bonds is 3. The van der Waals surface area contributed by atoms with E-state index in [0.29, 0.717) is 10.8 Å². The fourth-order valence-electron chi connectivity index (χ4n) is 2.04. The molecule has 0 aromatic carbocycles. The van der Waals surface area contributed by atoms with Crippen LogP contribution in [0.4, 0.5) is 0 Å². The Morgan fingerprint density at radius 2 is 2.07 bits per heavy atom. The van der Waals surface area contributed by atoms with Crippen molar-refractivity contribution in [1.29, 1.82) is 0 Å². The van der Waals surface area contributed by atoms with Crippen molar-refractivity contribution in [3.8, 4) is 0 Å². The molecule has 0 spiro atoms. The lowest BCUT2D eigenvalue weighted by Crippen LogP contribution is -2.62. The van der Waals surface area contributed by atoms with Gasteiger partial charge in [0.2, 0.25) is 0 Å². The Morgan fingerprint density at radius 3 is 2.60 bits per heavy atom. The molecule has 2 nitrogen and oxygen atoms in total. The van der Waals surface area contributed by atoms with Crippen LogP contribution >= 0.6 is 11.8 Å². The Kier molecular flexibility index (Phi) is 4.13. The van der Waals surface area contributed by atoms with Crippen molar-refractivity contribution in [1.82, 2.24) is 10.2 Å². The van der Waals surface area contributed by atoms with Crippen LogP contribution in [-0.2, 0) is 0 Å². The molecule has 1 fully saturated rings. The third-order valence-electron chi connectivity index (χ3n) is 3.23. The van der Waals surface area contributed by atoms with Gasteiger partial charge in [-0.25, -0.2) is 0 Å². The van der Waals surface area contributed by atoms with E-state index in [1.807, 2.05) is 11.8 Å². The van der Waals surface area contributed by atoms with E-state index in [9.17, 15) is 0 Å². The monoisotopic (exact) mass is 230 g/mol. The third kappa shape index (κ3) is 3.97. The van der Waals surface area contributed by atoms with Gasteiger partial charge in [0.15, 0.2) is 0 Å². The van der Waals surface area contributed by atoms with Gasteiger partial charge in [0.1, 0.15) is 0 Å². The van der Waals surface area contributed by atoms with E-state index in [1.165, 1.54) is 6.54 Å². The highest BCUT2D eigenvalue weighted by Crippen LogP contribution is 2.25. The highest BCUT2D eigenvalue weighted by molar-refractivity contribution is 7.99. The lowest BCUT2D eigenvalue weighted by molar-refractivity contribution is 0.0978. The molecule has 0 bridgehead atoms. The van der Waals surface area contributed by atoms with Gasteiger partial charge in [-0.05, 0) is 40.9 Å². The Bertz CT molecular complexity index is 214. The lowest BCUT2D eigenvalue weighted by atomic mass is 9.98. The van der Waals surface area contributed by atoms with Crippen LogP contribution in [-0.4, -0.2) is 47.1 Å². The van der Waals surface area contributed by atoms with Crippen LogP contribution in [0.5, 0.6) is 0 Å². The summed E-state index contributed by atoms with van der Waals surface area (Å²) in [5.41, 5.74) is 0.265. The summed E-state index contributed by atoms with van der Waals surface area (Å²) in [5.74, 6) is 0. The quantitative estimate of drug-likeness (QED) is 0.800. The molecule has 0 amide bonds. The van der Waals surface area contributed by atoms with Crippen LogP contribution < -0.4 is 5.32 Å². The number of nitrogens with zero attached hydrogens (tertiary/aromatic N) is 1. The minimum absolute atomic E-state index is 0.265. The van der Waals surface area contributed by atoms with Crippen LogP contribution in [0.15, 0.2) is 0 Å². The maximum Gasteiger partial charge on any atom is 0.0252 e. The summed E-state index contributed by atoms with van der Waals surface area (Å²) in [7, 11) is 0. The van der Waals surface area contributed by atoms with Gasteiger partial charge in [-0.15, -0.1) is 0 Å². The molecule has 90 valence electrons. The van der Waals surface area contributed by atoms with Gasteiger partial charge in [0.25, 0.3) is 0 Å². The van der Waals surface area contributed by atoms with Gasteiger partial charge in [-0.1, -0.05) is 0 Å². The van der Waals surface area contributed by atoms with Crippen molar-refractivity contribution in [3.63, 3.8) is 0 Å². The maximum atomic E-state index is 3.59. The first-order valence-corrected chi connectivity index (χ1v) is 7.02. The third-order valence-corrected chi connectivity index (χ3v) is 4.47. The zero-order valence-corrected chi connectivity index (χ0v) is 11.9. The molecule has 0 radical (unpaired) electrons. The smallest absolute Gasteiger partial charge is 0.0252 e. The van der Waals surface area contributed by atoms with Gasteiger partial charge >= 0.3 is 0 Å². The summed E-state index contributed by atoms with van der Waals surface area (Å²) in [4.78, 5) is 2.62. The number of hydrogen-bond donors (Lipinski definition) is 1. The normalized spacial score (nSPS) is 28.0. The summed E-state index contributed by atoms with van der Waals surface area (Å²) in [5, 5.41) is 3.59. The molecule has 1 atom stereocenters. The maximum absolute atomic E-state index is 3.59.